The van der Waals surface area contributed by atoms with E-state index in [1.807, 2.05) is 6.07 Å². The van der Waals surface area contributed by atoms with Crippen LogP contribution >= 0.6 is 0 Å². The zero-order valence-corrected chi connectivity index (χ0v) is 8.85. The van der Waals surface area contributed by atoms with E-state index in [1.165, 1.54) is 0 Å². The molecule has 1 atom stereocenters. The van der Waals surface area contributed by atoms with Crippen molar-refractivity contribution in [2.75, 3.05) is 19.7 Å². The first-order valence-electron chi connectivity index (χ1n) is 5.23. The van der Waals surface area contributed by atoms with Gasteiger partial charge in [-0.2, -0.15) is 10.2 Å². The third kappa shape index (κ3) is 2.98. The molecule has 0 bridgehead atoms. The third-order valence-electron chi connectivity index (χ3n) is 2.29. The highest BCUT2D eigenvalue weighted by Crippen LogP contribution is 1.97. The topological polar surface area (TPSA) is 76.1 Å². The van der Waals surface area contributed by atoms with Crippen molar-refractivity contribution in [2.45, 2.75) is 12.6 Å². The van der Waals surface area contributed by atoms with E-state index in [0.29, 0.717) is 19.7 Å². The fourth-order valence-corrected chi connectivity index (χ4v) is 1.45. The van der Waals surface area contributed by atoms with E-state index in [0.717, 1.165) is 12.2 Å². The van der Waals surface area contributed by atoms with E-state index >= 15 is 0 Å². The van der Waals surface area contributed by atoms with Gasteiger partial charge in [0, 0.05) is 19.3 Å². The van der Waals surface area contributed by atoms with E-state index in [2.05, 4.69) is 20.8 Å². The minimum atomic E-state index is -0.398. The van der Waals surface area contributed by atoms with Crippen LogP contribution in [0.4, 0.5) is 0 Å². The first-order chi connectivity index (χ1) is 7.86. The van der Waals surface area contributed by atoms with E-state index in [9.17, 15) is 4.79 Å². The SMILES string of the molecule is O=C(NCc1cccnn1)C1CNCCO1. The number of hydrogen-bond acceptors (Lipinski definition) is 5. The van der Waals surface area contributed by atoms with Crippen LogP contribution in [-0.2, 0) is 16.1 Å². The molecule has 6 heteroatoms. The van der Waals surface area contributed by atoms with Crippen molar-refractivity contribution < 1.29 is 9.53 Å². The van der Waals surface area contributed by atoms with Crippen LogP contribution in [0.1, 0.15) is 5.69 Å². The standard InChI is InChI=1S/C10H14N4O2/c15-10(9-7-11-4-5-16-9)12-6-8-2-1-3-13-14-8/h1-3,9,11H,4-7H2,(H,12,15). The van der Waals surface area contributed by atoms with Gasteiger partial charge < -0.3 is 15.4 Å². The molecule has 1 aliphatic heterocycles. The lowest BCUT2D eigenvalue weighted by Gasteiger charge is -2.22. The summed E-state index contributed by atoms with van der Waals surface area (Å²) in [5.41, 5.74) is 0.736. The normalized spacial score (nSPS) is 20.4. The number of amides is 1. The minimum Gasteiger partial charge on any atom is -0.366 e. The maximum Gasteiger partial charge on any atom is 0.250 e. The Morgan fingerprint density at radius 2 is 2.62 bits per heavy atom. The first-order valence-corrected chi connectivity index (χ1v) is 5.23. The van der Waals surface area contributed by atoms with Gasteiger partial charge in [0.05, 0.1) is 18.8 Å². The fraction of sp³-hybridized carbons (Fsp3) is 0.500. The Hall–Kier alpha value is -1.53. The first kappa shape index (κ1) is 11.0. The Labute approximate surface area is 93.4 Å². The molecule has 0 aliphatic carbocycles. The second kappa shape index (κ2) is 5.53. The molecule has 16 heavy (non-hydrogen) atoms. The molecule has 1 fully saturated rings. The van der Waals surface area contributed by atoms with Crippen LogP contribution in [-0.4, -0.2) is 41.9 Å². The lowest BCUT2D eigenvalue weighted by atomic mass is 10.3. The van der Waals surface area contributed by atoms with Crippen LogP contribution in [0.5, 0.6) is 0 Å². The molecule has 1 aromatic rings. The quantitative estimate of drug-likeness (QED) is 0.692. The van der Waals surface area contributed by atoms with Gasteiger partial charge in [0.15, 0.2) is 0 Å². The fourth-order valence-electron chi connectivity index (χ4n) is 1.45. The zero-order chi connectivity index (χ0) is 11.2. The van der Waals surface area contributed by atoms with Gasteiger partial charge in [0.25, 0.3) is 5.91 Å². The number of ether oxygens (including phenoxy) is 1. The molecule has 1 saturated heterocycles. The Kier molecular flexibility index (Phi) is 3.79. The number of aromatic nitrogens is 2. The van der Waals surface area contributed by atoms with Crippen LogP contribution in [0.15, 0.2) is 18.3 Å². The molecule has 0 spiro atoms. The number of nitrogens with zero attached hydrogens (tertiary/aromatic N) is 2. The number of carbonyl (C=O) groups excluding carboxylic acids is 1. The molecular weight excluding hydrogens is 208 g/mol. The summed E-state index contributed by atoms with van der Waals surface area (Å²) in [7, 11) is 0. The Morgan fingerprint density at radius 3 is 3.31 bits per heavy atom. The van der Waals surface area contributed by atoms with Crippen molar-refractivity contribution in [2.24, 2.45) is 0 Å². The lowest BCUT2D eigenvalue weighted by molar-refractivity contribution is -0.134. The van der Waals surface area contributed by atoms with Gasteiger partial charge in [0.1, 0.15) is 6.10 Å². The van der Waals surface area contributed by atoms with E-state index in [-0.39, 0.29) is 5.91 Å². The maximum atomic E-state index is 11.6. The monoisotopic (exact) mass is 222 g/mol. The minimum absolute atomic E-state index is 0.113. The molecule has 2 rings (SSSR count). The molecular formula is C10H14N4O2. The average molecular weight is 222 g/mol. The van der Waals surface area contributed by atoms with Crippen LogP contribution in [0, 0.1) is 0 Å². The largest absolute Gasteiger partial charge is 0.366 e. The van der Waals surface area contributed by atoms with E-state index in [4.69, 9.17) is 4.74 Å². The van der Waals surface area contributed by atoms with Gasteiger partial charge >= 0.3 is 0 Å². The number of nitrogens with one attached hydrogen (secondary N) is 2. The summed E-state index contributed by atoms with van der Waals surface area (Å²) < 4.78 is 5.32. The number of carbonyl (C=O) groups is 1. The van der Waals surface area contributed by atoms with Crippen LogP contribution in [0.2, 0.25) is 0 Å². The Morgan fingerprint density at radius 1 is 1.69 bits per heavy atom. The molecule has 0 radical (unpaired) electrons. The van der Waals surface area contributed by atoms with E-state index in [1.54, 1.807) is 12.3 Å². The Balaban J connectivity index is 1.79. The van der Waals surface area contributed by atoms with Crippen molar-refractivity contribution in [1.82, 2.24) is 20.8 Å². The molecule has 1 amide bonds. The van der Waals surface area contributed by atoms with E-state index < -0.39 is 6.10 Å². The van der Waals surface area contributed by atoms with Gasteiger partial charge in [0.2, 0.25) is 0 Å². The molecule has 0 aromatic carbocycles. The highest BCUT2D eigenvalue weighted by molar-refractivity contribution is 5.81. The summed E-state index contributed by atoms with van der Waals surface area (Å²) in [4.78, 5) is 11.6. The van der Waals surface area contributed by atoms with Gasteiger partial charge in [-0.15, -0.1) is 0 Å². The van der Waals surface area contributed by atoms with Crippen molar-refractivity contribution in [3.63, 3.8) is 0 Å². The second-order valence-corrected chi connectivity index (χ2v) is 3.50. The smallest absolute Gasteiger partial charge is 0.250 e. The molecule has 1 aliphatic rings. The summed E-state index contributed by atoms with van der Waals surface area (Å²) >= 11 is 0. The van der Waals surface area contributed by atoms with Gasteiger partial charge in [-0.3, -0.25) is 4.79 Å². The molecule has 1 unspecified atom stereocenters. The summed E-state index contributed by atoms with van der Waals surface area (Å²) in [6.45, 7) is 2.32. The highest BCUT2D eigenvalue weighted by atomic mass is 16.5. The lowest BCUT2D eigenvalue weighted by Crippen LogP contribution is -2.47. The summed E-state index contributed by atoms with van der Waals surface area (Å²) in [6, 6.07) is 3.60. The Bertz CT molecular complexity index is 338. The average Bonchev–Trinajstić information content (AvgIpc) is 2.38. The van der Waals surface area contributed by atoms with Gasteiger partial charge in [-0.1, -0.05) is 0 Å². The summed E-state index contributed by atoms with van der Waals surface area (Å²) in [6.07, 6.45) is 1.20. The summed E-state index contributed by atoms with van der Waals surface area (Å²) in [5.74, 6) is -0.113. The molecule has 6 nitrogen and oxygen atoms in total. The highest BCUT2D eigenvalue weighted by Gasteiger charge is 2.21. The molecule has 1 aromatic heterocycles. The number of morpholine rings is 1. The molecule has 0 saturated carbocycles. The zero-order valence-electron chi connectivity index (χ0n) is 8.85. The number of rotatable bonds is 3. The maximum absolute atomic E-state index is 11.6. The molecule has 86 valence electrons. The van der Waals surface area contributed by atoms with Crippen molar-refractivity contribution in [3.05, 3.63) is 24.0 Å². The van der Waals surface area contributed by atoms with Crippen LogP contribution in [0.25, 0.3) is 0 Å². The van der Waals surface area contributed by atoms with Crippen molar-refractivity contribution >= 4 is 5.91 Å². The van der Waals surface area contributed by atoms with Crippen LogP contribution in [0.3, 0.4) is 0 Å². The van der Waals surface area contributed by atoms with Crippen molar-refractivity contribution in [1.29, 1.82) is 0 Å². The molecule has 2 heterocycles. The van der Waals surface area contributed by atoms with Gasteiger partial charge in [-0.25, -0.2) is 0 Å². The predicted molar refractivity (Wildman–Crippen MR) is 56.5 cm³/mol. The third-order valence-corrected chi connectivity index (χ3v) is 2.29. The van der Waals surface area contributed by atoms with Crippen LogP contribution < -0.4 is 10.6 Å². The second-order valence-electron chi connectivity index (χ2n) is 3.50. The van der Waals surface area contributed by atoms with Crippen molar-refractivity contribution in [3.8, 4) is 0 Å². The number of hydrogen-bond donors (Lipinski definition) is 2. The molecule has 2 N–H and O–H groups in total. The van der Waals surface area contributed by atoms with Gasteiger partial charge in [-0.05, 0) is 12.1 Å². The predicted octanol–water partition coefficient (Wildman–Crippen LogP) is -0.919. The summed E-state index contributed by atoms with van der Waals surface area (Å²) in [5, 5.41) is 13.5.